The lowest BCUT2D eigenvalue weighted by Gasteiger charge is -2.11. The van der Waals surface area contributed by atoms with Crippen LogP contribution in [0.5, 0.6) is 0 Å². The number of nitrogens with one attached hydrogen (secondary N) is 1. The fourth-order valence-corrected chi connectivity index (χ4v) is 2.62. The second-order valence-corrected chi connectivity index (χ2v) is 5.62. The molecule has 0 aromatic heterocycles. The van der Waals surface area contributed by atoms with Crippen molar-refractivity contribution in [3.8, 4) is 0 Å². The third kappa shape index (κ3) is 3.29. The van der Waals surface area contributed by atoms with Gasteiger partial charge in [0.2, 0.25) is 0 Å². The molecule has 4 nitrogen and oxygen atoms in total. The maximum absolute atomic E-state index is 10.9. The predicted octanol–water partition coefficient (Wildman–Crippen LogP) is 4.93. The zero-order valence-electron chi connectivity index (χ0n) is 10.7. The van der Waals surface area contributed by atoms with Gasteiger partial charge < -0.3 is 5.32 Å². The minimum Gasteiger partial charge on any atom is -0.380 e. The highest BCUT2D eigenvalue weighted by atomic mass is 79.9. The van der Waals surface area contributed by atoms with Crippen molar-refractivity contribution in [2.75, 3.05) is 5.32 Å². The van der Waals surface area contributed by atoms with Gasteiger partial charge in [0.1, 0.15) is 0 Å². The summed E-state index contributed by atoms with van der Waals surface area (Å²) in [7, 11) is 0. The topological polar surface area (TPSA) is 55.2 Å². The highest BCUT2D eigenvalue weighted by Crippen LogP contribution is 2.27. The second-order valence-electron chi connectivity index (χ2n) is 4.30. The summed E-state index contributed by atoms with van der Waals surface area (Å²) in [5.41, 5.74) is 2.46. The van der Waals surface area contributed by atoms with Crippen LogP contribution in [-0.2, 0) is 6.54 Å². The molecule has 2 aromatic rings. The number of hydrogen-bond donors (Lipinski definition) is 1. The van der Waals surface area contributed by atoms with E-state index in [2.05, 4.69) is 21.2 Å². The molecule has 0 saturated carbocycles. The van der Waals surface area contributed by atoms with E-state index in [0.717, 1.165) is 15.7 Å². The van der Waals surface area contributed by atoms with E-state index in [4.69, 9.17) is 11.6 Å². The molecule has 0 unspecified atom stereocenters. The first-order chi connectivity index (χ1) is 9.49. The van der Waals surface area contributed by atoms with Gasteiger partial charge in [0.25, 0.3) is 5.69 Å². The second kappa shape index (κ2) is 6.24. The van der Waals surface area contributed by atoms with Gasteiger partial charge in [-0.05, 0) is 30.7 Å². The molecule has 0 amide bonds. The van der Waals surface area contributed by atoms with E-state index in [1.807, 2.05) is 18.2 Å². The van der Waals surface area contributed by atoms with Crippen LogP contribution in [0.15, 0.2) is 40.9 Å². The van der Waals surface area contributed by atoms with Crippen LogP contribution in [0.25, 0.3) is 0 Å². The maximum atomic E-state index is 10.9. The van der Waals surface area contributed by atoms with Gasteiger partial charge in [-0.2, -0.15) is 0 Å². The lowest BCUT2D eigenvalue weighted by atomic mass is 10.1. The quantitative estimate of drug-likeness (QED) is 0.625. The molecule has 0 fully saturated rings. The van der Waals surface area contributed by atoms with Gasteiger partial charge in [0, 0.05) is 22.6 Å². The van der Waals surface area contributed by atoms with Crippen molar-refractivity contribution in [1.82, 2.24) is 0 Å². The van der Waals surface area contributed by atoms with E-state index in [-0.39, 0.29) is 10.6 Å². The van der Waals surface area contributed by atoms with E-state index in [1.165, 1.54) is 6.07 Å². The fourth-order valence-electron chi connectivity index (χ4n) is 1.88. The molecule has 2 aromatic carbocycles. The molecule has 0 heterocycles. The molecule has 104 valence electrons. The molecule has 0 atom stereocenters. The van der Waals surface area contributed by atoms with Gasteiger partial charge in [0.05, 0.1) is 15.6 Å². The predicted molar refractivity (Wildman–Crippen MR) is 84.3 cm³/mol. The van der Waals surface area contributed by atoms with Gasteiger partial charge in [0.15, 0.2) is 0 Å². The average Bonchev–Trinajstić information content (AvgIpc) is 2.39. The van der Waals surface area contributed by atoms with E-state index in [9.17, 15) is 10.1 Å². The number of hydrogen-bond acceptors (Lipinski definition) is 3. The van der Waals surface area contributed by atoms with E-state index in [0.29, 0.717) is 17.1 Å². The van der Waals surface area contributed by atoms with Crippen LogP contribution in [0.1, 0.15) is 11.1 Å². The molecule has 0 aliphatic heterocycles. The standard InChI is InChI=1S/C14H12BrClN2O2/c1-9-10(3-2-4-14(9)18(19)20)8-17-13-6-5-11(15)7-12(13)16/h2-7,17H,8H2,1H3. The summed E-state index contributed by atoms with van der Waals surface area (Å²) in [5.74, 6) is 0. The lowest BCUT2D eigenvalue weighted by molar-refractivity contribution is -0.385. The first-order valence-electron chi connectivity index (χ1n) is 5.91. The molecule has 0 aliphatic rings. The van der Waals surface area contributed by atoms with E-state index in [1.54, 1.807) is 19.1 Å². The molecule has 0 saturated heterocycles. The highest BCUT2D eigenvalue weighted by Gasteiger charge is 2.13. The van der Waals surface area contributed by atoms with Gasteiger partial charge in [-0.3, -0.25) is 10.1 Å². The molecule has 1 N–H and O–H groups in total. The number of nitro groups is 1. The molecule has 6 heteroatoms. The van der Waals surface area contributed by atoms with Crippen molar-refractivity contribution in [2.45, 2.75) is 13.5 Å². The zero-order chi connectivity index (χ0) is 14.7. The monoisotopic (exact) mass is 354 g/mol. The Labute approximate surface area is 130 Å². The Bertz CT molecular complexity index is 662. The summed E-state index contributed by atoms with van der Waals surface area (Å²) in [6.07, 6.45) is 0. The van der Waals surface area contributed by atoms with Crippen molar-refractivity contribution >= 4 is 38.9 Å². The lowest BCUT2D eigenvalue weighted by Crippen LogP contribution is -2.03. The third-order valence-corrected chi connectivity index (χ3v) is 3.82. The third-order valence-electron chi connectivity index (χ3n) is 3.01. The molecular formula is C14H12BrClN2O2. The Balaban J connectivity index is 2.19. The Hall–Kier alpha value is -1.59. The normalized spacial score (nSPS) is 10.3. The Morgan fingerprint density at radius 3 is 2.75 bits per heavy atom. The molecule has 0 spiro atoms. The van der Waals surface area contributed by atoms with Crippen LogP contribution in [0, 0.1) is 17.0 Å². The highest BCUT2D eigenvalue weighted by molar-refractivity contribution is 9.10. The van der Waals surface area contributed by atoms with Gasteiger partial charge in [-0.25, -0.2) is 0 Å². The first kappa shape index (κ1) is 14.8. The molecule has 20 heavy (non-hydrogen) atoms. The van der Waals surface area contributed by atoms with Crippen LogP contribution in [-0.4, -0.2) is 4.92 Å². The molecule has 0 radical (unpaired) electrons. The van der Waals surface area contributed by atoms with Gasteiger partial charge in [-0.15, -0.1) is 0 Å². The van der Waals surface area contributed by atoms with E-state index < -0.39 is 0 Å². The Kier molecular flexibility index (Phi) is 4.62. The van der Waals surface area contributed by atoms with Crippen LogP contribution >= 0.6 is 27.5 Å². The number of anilines is 1. The Morgan fingerprint density at radius 1 is 1.35 bits per heavy atom. The summed E-state index contributed by atoms with van der Waals surface area (Å²) < 4.78 is 0.902. The van der Waals surface area contributed by atoms with Crippen molar-refractivity contribution in [3.05, 3.63) is 67.1 Å². The van der Waals surface area contributed by atoms with Crippen molar-refractivity contribution < 1.29 is 4.92 Å². The minimum absolute atomic E-state index is 0.131. The Morgan fingerprint density at radius 2 is 2.10 bits per heavy atom. The SMILES string of the molecule is Cc1c(CNc2ccc(Br)cc2Cl)cccc1[N+](=O)[O-]. The first-order valence-corrected chi connectivity index (χ1v) is 7.08. The number of nitrogens with zero attached hydrogens (tertiary/aromatic N) is 1. The smallest absolute Gasteiger partial charge is 0.272 e. The summed E-state index contributed by atoms with van der Waals surface area (Å²) in [4.78, 5) is 10.5. The summed E-state index contributed by atoms with van der Waals surface area (Å²) >= 11 is 9.46. The summed E-state index contributed by atoms with van der Waals surface area (Å²) in [5, 5.41) is 14.7. The van der Waals surface area contributed by atoms with Crippen LogP contribution in [0.3, 0.4) is 0 Å². The maximum Gasteiger partial charge on any atom is 0.272 e. The number of benzene rings is 2. The van der Waals surface area contributed by atoms with Crippen LogP contribution in [0.2, 0.25) is 5.02 Å². The van der Waals surface area contributed by atoms with Crippen LogP contribution in [0.4, 0.5) is 11.4 Å². The molecule has 0 aliphatic carbocycles. The molecule has 0 bridgehead atoms. The van der Waals surface area contributed by atoms with Crippen LogP contribution < -0.4 is 5.32 Å². The minimum atomic E-state index is -0.370. The summed E-state index contributed by atoms with van der Waals surface area (Å²) in [6, 6.07) is 10.6. The van der Waals surface area contributed by atoms with Crippen molar-refractivity contribution in [1.29, 1.82) is 0 Å². The van der Waals surface area contributed by atoms with Gasteiger partial charge in [-0.1, -0.05) is 39.7 Å². The number of nitro benzene ring substituents is 1. The van der Waals surface area contributed by atoms with Crippen molar-refractivity contribution in [2.24, 2.45) is 0 Å². The molecular weight excluding hydrogens is 344 g/mol. The van der Waals surface area contributed by atoms with E-state index >= 15 is 0 Å². The average molecular weight is 356 g/mol. The van der Waals surface area contributed by atoms with Gasteiger partial charge >= 0.3 is 0 Å². The summed E-state index contributed by atoms with van der Waals surface area (Å²) in [6.45, 7) is 2.23. The number of halogens is 2. The van der Waals surface area contributed by atoms with Crippen molar-refractivity contribution in [3.63, 3.8) is 0 Å². The fraction of sp³-hybridized carbons (Fsp3) is 0.143. The largest absolute Gasteiger partial charge is 0.380 e. The zero-order valence-corrected chi connectivity index (χ0v) is 13.0. The number of rotatable bonds is 4. The molecule has 2 rings (SSSR count).